The third kappa shape index (κ3) is 13.5. The average Bonchev–Trinajstić information content (AvgIpc) is 3.42. The van der Waals surface area contributed by atoms with Crippen molar-refractivity contribution in [1.29, 1.82) is 0 Å². The van der Waals surface area contributed by atoms with E-state index >= 15 is 0 Å². The van der Waals surface area contributed by atoms with Crippen LogP contribution in [0.25, 0.3) is 0 Å². The molecular weight excluding hydrogens is 888 g/mol. The molecule has 0 saturated heterocycles. The van der Waals surface area contributed by atoms with Gasteiger partial charge in [0.1, 0.15) is 5.82 Å². The number of hydrogen-bond donors (Lipinski definition) is 2. The SMILES string of the molecule is CC(=O)c1ccc(N(c2ccccc2)c2ccc(N(c3ccccc3)c3ccc(C)cc3)cc2)cc1.Cc1ccc(C(=O)c2ccc(F)cc2)cc1.c1ccc(Nc2ccc(Nc3ccccc3)cc2)cc1. The minimum Gasteiger partial charge on any atom is -0.356 e. The number of nitrogens with zero attached hydrogens (tertiary/aromatic N) is 2. The number of carbonyl (C=O) groups is 2. The molecule has 10 aromatic rings. The van der Waals surface area contributed by atoms with E-state index in [-0.39, 0.29) is 17.4 Å². The molecule has 0 aromatic heterocycles. The van der Waals surface area contributed by atoms with Crippen LogP contribution in [0.15, 0.2) is 267 Å². The molecule has 7 heteroatoms. The summed E-state index contributed by atoms with van der Waals surface area (Å²) in [5.41, 5.74) is 14.9. The van der Waals surface area contributed by atoms with E-state index < -0.39 is 0 Å². The molecule has 0 aliphatic heterocycles. The summed E-state index contributed by atoms with van der Waals surface area (Å²) >= 11 is 0. The Balaban J connectivity index is 0.000000161. The Morgan fingerprint density at radius 3 is 0.944 bits per heavy atom. The van der Waals surface area contributed by atoms with E-state index in [0.717, 1.165) is 62.4 Å². The topological polar surface area (TPSA) is 64.7 Å². The molecule has 0 radical (unpaired) electrons. The first-order chi connectivity index (χ1) is 35.2. The predicted octanol–water partition coefficient (Wildman–Crippen LogP) is 17.7. The number of halogens is 1. The molecule has 0 aliphatic carbocycles. The summed E-state index contributed by atoms with van der Waals surface area (Å²) < 4.78 is 12.7. The highest BCUT2D eigenvalue weighted by molar-refractivity contribution is 6.09. The van der Waals surface area contributed by atoms with Crippen molar-refractivity contribution in [2.24, 2.45) is 0 Å². The van der Waals surface area contributed by atoms with Gasteiger partial charge in [0.05, 0.1) is 0 Å². The van der Waals surface area contributed by atoms with Gasteiger partial charge < -0.3 is 20.4 Å². The van der Waals surface area contributed by atoms with Crippen molar-refractivity contribution < 1.29 is 14.0 Å². The Hall–Kier alpha value is -9.33. The number of ketones is 2. The number of anilines is 10. The number of nitrogens with one attached hydrogen (secondary N) is 2. The second kappa shape index (κ2) is 24.3. The predicted molar refractivity (Wildman–Crippen MR) is 297 cm³/mol. The lowest BCUT2D eigenvalue weighted by atomic mass is 10.0. The lowest BCUT2D eigenvalue weighted by Gasteiger charge is -2.28. The Kier molecular flexibility index (Phi) is 16.6. The van der Waals surface area contributed by atoms with Crippen LogP contribution in [0.1, 0.15) is 44.3 Å². The minimum absolute atomic E-state index is 0.0641. The summed E-state index contributed by atoms with van der Waals surface area (Å²) in [6.45, 7) is 5.66. The Morgan fingerprint density at radius 2 is 0.583 bits per heavy atom. The van der Waals surface area contributed by atoms with Gasteiger partial charge in [-0.1, -0.05) is 120 Å². The number of benzene rings is 10. The van der Waals surface area contributed by atoms with Gasteiger partial charge in [-0.05, 0) is 178 Å². The fourth-order valence-corrected chi connectivity index (χ4v) is 7.82. The number of para-hydroxylation sites is 4. The average molecular weight is 943 g/mol. The van der Waals surface area contributed by atoms with Crippen molar-refractivity contribution in [3.8, 4) is 0 Å². The molecule has 0 amide bonds. The molecule has 10 rings (SSSR count). The van der Waals surface area contributed by atoms with Gasteiger partial charge >= 0.3 is 0 Å². The summed E-state index contributed by atoms with van der Waals surface area (Å²) in [5, 5.41) is 6.73. The maximum Gasteiger partial charge on any atom is 0.193 e. The van der Waals surface area contributed by atoms with Gasteiger partial charge in [0, 0.05) is 73.6 Å². The van der Waals surface area contributed by atoms with E-state index in [1.54, 1.807) is 19.1 Å². The fraction of sp³-hybridized carbons (Fsp3) is 0.0462. The van der Waals surface area contributed by atoms with Crippen LogP contribution < -0.4 is 20.4 Å². The first kappa shape index (κ1) is 49.1. The highest BCUT2D eigenvalue weighted by Gasteiger charge is 2.16. The Morgan fingerprint density at radius 1 is 0.319 bits per heavy atom. The lowest BCUT2D eigenvalue weighted by Crippen LogP contribution is -2.12. The molecule has 0 fully saturated rings. The monoisotopic (exact) mass is 942 g/mol. The number of aryl methyl sites for hydroxylation is 2. The highest BCUT2D eigenvalue weighted by atomic mass is 19.1. The summed E-state index contributed by atoms with van der Waals surface area (Å²) in [5.74, 6) is -0.352. The molecule has 6 nitrogen and oxygen atoms in total. The van der Waals surface area contributed by atoms with Gasteiger partial charge in [0.25, 0.3) is 0 Å². The Bertz CT molecular complexity index is 3140. The van der Waals surface area contributed by atoms with E-state index in [1.807, 2.05) is 104 Å². The molecule has 72 heavy (non-hydrogen) atoms. The van der Waals surface area contributed by atoms with Gasteiger partial charge in [-0.25, -0.2) is 4.39 Å². The summed E-state index contributed by atoms with van der Waals surface area (Å²) in [6, 6.07) is 87.1. The van der Waals surface area contributed by atoms with E-state index in [1.165, 1.54) is 29.8 Å². The van der Waals surface area contributed by atoms with E-state index in [0.29, 0.717) is 16.7 Å². The largest absolute Gasteiger partial charge is 0.356 e. The molecule has 0 bridgehead atoms. The fourth-order valence-electron chi connectivity index (χ4n) is 7.82. The van der Waals surface area contributed by atoms with Crippen molar-refractivity contribution in [1.82, 2.24) is 0 Å². The first-order valence-electron chi connectivity index (χ1n) is 23.8. The quantitative estimate of drug-likeness (QED) is 0.112. The second-order valence-electron chi connectivity index (χ2n) is 17.1. The van der Waals surface area contributed by atoms with Crippen molar-refractivity contribution >= 4 is 68.4 Å². The van der Waals surface area contributed by atoms with Crippen molar-refractivity contribution in [2.75, 3.05) is 20.4 Å². The smallest absolute Gasteiger partial charge is 0.193 e. The Labute approximate surface area is 422 Å². The highest BCUT2D eigenvalue weighted by Crippen LogP contribution is 2.39. The zero-order valence-corrected chi connectivity index (χ0v) is 40.5. The van der Waals surface area contributed by atoms with Gasteiger partial charge in [-0.2, -0.15) is 0 Å². The van der Waals surface area contributed by atoms with Gasteiger partial charge in [0.2, 0.25) is 0 Å². The van der Waals surface area contributed by atoms with Gasteiger partial charge in [0.15, 0.2) is 11.6 Å². The van der Waals surface area contributed by atoms with Crippen LogP contribution in [0.4, 0.5) is 61.3 Å². The molecular formula is C65H55FN4O2. The summed E-state index contributed by atoms with van der Waals surface area (Å²) in [4.78, 5) is 28.2. The molecule has 0 atom stereocenters. The van der Waals surface area contributed by atoms with Crippen LogP contribution in [-0.2, 0) is 0 Å². The molecule has 2 N–H and O–H groups in total. The maximum atomic E-state index is 12.7. The molecule has 0 spiro atoms. The van der Waals surface area contributed by atoms with Crippen molar-refractivity contribution in [3.63, 3.8) is 0 Å². The third-order valence-corrected chi connectivity index (χ3v) is 11.6. The van der Waals surface area contributed by atoms with Crippen LogP contribution in [0.2, 0.25) is 0 Å². The second-order valence-corrected chi connectivity index (χ2v) is 17.1. The van der Waals surface area contributed by atoms with E-state index in [2.05, 4.69) is 161 Å². The zero-order chi connectivity index (χ0) is 50.1. The van der Waals surface area contributed by atoms with Gasteiger partial charge in [-0.3, -0.25) is 9.59 Å². The summed E-state index contributed by atoms with van der Waals surface area (Å²) in [7, 11) is 0. The van der Waals surface area contributed by atoms with E-state index in [9.17, 15) is 14.0 Å². The van der Waals surface area contributed by atoms with Gasteiger partial charge in [-0.15, -0.1) is 0 Å². The van der Waals surface area contributed by atoms with Crippen LogP contribution in [0.3, 0.4) is 0 Å². The first-order valence-corrected chi connectivity index (χ1v) is 23.8. The zero-order valence-electron chi connectivity index (χ0n) is 40.5. The normalized spacial score (nSPS) is 10.3. The number of rotatable bonds is 13. The van der Waals surface area contributed by atoms with Crippen LogP contribution in [0, 0.1) is 19.7 Å². The lowest BCUT2D eigenvalue weighted by molar-refractivity contribution is 0.101. The number of Topliss-reactive ketones (excluding diaryl/α,β-unsaturated/α-hetero) is 1. The molecule has 0 unspecified atom stereocenters. The van der Waals surface area contributed by atoms with Crippen LogP contribution in [-0.4, -0.2) is 11.6 Å². The number of carbonyl (C=O) groups excluding carboxylic acids is 2. The molecule has 10 aromatic carbocycles. The van der Waals surface area contributed by atoms with Crippen molar-refractivity contribution in [2.45, 2.75) is 20.8 Å². The molecule has 0 aliphatic rings. The minimum atomic E-state index is -0.333. The molecule has 0 saturated carbocycles. The third-order valence-electron chi connectivity index (χ3n) is 11.6. The summed E-state index contributed by atoms with van der Waals surface area (Å²) in [6.07, 6.45) is 0. The standard InChI is InChI=1S/C33H28N2O.C18H16N2.C14H11FO/c1-25-13-17-30(18-14-25)34(28-9-5-3-6-10-28)32-21-23-33(24-22-32)35(29-11-7-4-8-12-29)31-19-15-27(16-20-31)26(2)36;1-3-7-15(8-4-1)19-17-11-13-18(14-12-17)20-16-9-5-2-6-10-16;1-10-2-4-11(5-3-10)14(16)12-6-8-13(15)9-7-12/h3-24H,1-2H3;1-14,19-20H;2-9H,1H3. The van der Waals surface area contributed by atoms with Crippen LogP contribution in [0.5, 0.6) is 0 Å². The maximum absolute atomic E-state index is 12.7. The van der Waals surface area contributed by atoms with Crippen molar-refractivity contribution in [3.05, 3.63) is 301 Å². The number of hydrogen-bond acceptors (Lipinski definition) is 6. The van der Waals surface area contributed by atoms with E-state index in [4.69, 9.17) is 0 Å². The molecule has 0 heterocycles. The van der Waals surface area contributed by atoms with Crippen LogP contribution >= 0.6 is 0 Å². The molecule has 354 valence electrons.